The summed E-state index contributed by atoms with van der Waals surface area (Å²) in [7, 11) is -3.40. The van der Waals surface area contributed by atoms with Crippen LogP contribution in [-0.4, -0.2) is 46.9 Å². The number of amides is 1. The fourth-order valence-corrected chi connectivity index (χ4v) is 5.83. The molecule has 1 aromatic heterocycles. The Bertz CT molecular complexity index is 965. The van der Waals surface area contributed by atoms with Gasteiger partial charge in [0.15, 0.2) is 0 Å². The molecule has 4 rings (SSSR count). The molecule has 0 spiro atoms. The van der Waals surface area contributed by atoms with Crippen LogP contribution in [0.5, 0.6) is 0 Å². The van der Waals surface area contributed by atoms with Crippen molar-refractivity contribution in [2.75, 3.05) is 17.6 Å². The first-order chi connectivity index (χ1) is 13.5. The number of benzene rings is 1. The number of aromatic amines is 1. The van der Waals surface area contributed by atoms with Gasteiger partial charge < -0.3 is 10.3 Å². The quantitative estimate of drug-likeness (QED) is 0.772. The third kappa shape index (κ3) is 3.80. The highest BCUT2D eigenvalue weighted by Crippen LogP contribution is 2.35. The number of hydrogen-bond acceptors (Lipinski definition) is 4. The van der Waals surface area contributed by atoms with Crippen LogP contribution in [0.15, 0.2) is 18.2 Å². The molecule has 2 fully saturated rings. The largest absolute Gasteiger partial charge is 0.342 e. The SMILES string of the molecule is CCCS(=O)(=O)N1CCCCC1C(=O)Nc1ccc2nc(C3CCC3)[nH]c2c1. The number of rotatable bonds is 6. The van der Waals surface area contributed by atoms with Gasteiger partial charge in [-0.15, -0.1) is 0 Å². The van der Waals surface area contributed by atoms with Crippen molar-refractivity contribution < 1.29 is 13.2 Å². The molecule has 2 heterocycles. The molecule has 1 unspecified atom stereocenters. The summed E-state index contributed by atoms with van der Waals surface area (Å²) in [5.74, 6) is 1.37. The van der Waals surface area contributed by atoms with Crippen molar-refractivity contribution in [2.24, 2.45) is 0 Å². The lowest BCUT2D eigenvalue weighted by Crippen LogP contribution is -2.50. The zero-order valence-corrected chi connectivity index (χ0v) is 17.1. The van der Waals surface area contributed by atoms with Crippen molar-refractivity contribution >= 4 is 32.7 Å². The summed E-state index contributed by atoms with van der Waals surface area (Å²) in [6, 6.07) is 4.99. The number of piperidine rings is 1. The normalized spacial score (nSPS) is 21.5. The molecule has 1 aliphatic heterocycles. The van der Waals surface area contributed by atoms with Crippen molar-refractivity contribution in [3.8, 4) is 0 Å². The Hall–Kier alpha value is -1.93. The van der Waals surface area contributed by atoms with Crippen LogP contribution in [0.1, 0.15) is 63.6 Å². The maximum atomic E-state index is 12.9. The summed E-state index contributed by atoms with van der Waals surface area (Å²) in [5, 5.41) is 2.92. The Labute approximate surface area is 166 Å². The molecule has 2 aromatic rings. The topological polar surface area (TPSA) is 95.2 Å². The standard InChI is InChI=1S/C20H28N4O3S/c1-2-12-28(26,27)24-11-4-3-8-18(24)20(25)21-15-9-10-16-17(13-15)23-19(22-16)14-6-5-7-14/h9-10,13-14,18H,2-8,11-12H2,1H3,(H,21,25)(H,22,23). The fourth-order valence-electron chi connectivity index (χ4n) is 4.08. The first kappa shape index (κ1) is 19.4. The van der Waals surface area contributed by atoms with Gasteiger partial charge in [0.05, 0.1) is 16.8 Å². The second-order valence-corrected chi connectivity index (χ2v) is 9.95. The van der Waals surface area contributed by atoms with Gasteiger partial charge in [0.1, 0.15) is 11.9 Å². The second-order valence-electron chi connectivity index (χ2n) is 7.91. The van der Waals surface area contributed by atoms with Crippen molar-refractivity contribution in [1.29, 1.82) is 0 Å². The highest BCUT2D eigenvalue weighted by molar-refractivity contribution is 7.89. The Kier molecular flexibility index (Phi) is 5.42. The minimum absolute atomic E-state index is 0.0842. The van der Waals surface area contributed by atoms with Gasteiger partial charge in [0.25, 0.3) is 0 Å². The van der Waals surface area contributed by atoms with Gasteiger partial charge in [-0.1, -0.05) is 19.8 Å². The van der Waals surface area contributed by atoms with Crippen LogP contribution < -0.4 is 5.32 Å². The summed E-state index contributed by atoms with van der Waals surface area (Å²) in [5.41, 5.74) is 2.46. The van der Waals surface area contributed by atoms with Gasteiger partial charge in [-0.25, -0.2) is 13.4 Å². The summed E-state index contributed by atoms with van der Waals surface area (Å²) < 4.78 is 26.5. The summed E-state index contributed by atoms with van der Waals surface area (Å²) in [4.78, 5) is 20.9. The van der Waals surface area contributed by atoms with E-state index >= 15 is 0 Å². The molecular weight excluding hydrogens is 376 g/mol. The maximum Gasteiger partial charge on any atom is 0.242 e. The van der Waals surface area contributed by atoms with E-state index < -0.39 is 16.1 Å². The van der Waals surface area contributed by atoms with E-state index in [0.717, 1.165) is 29.7 Å². The van der Waals surface area contributed by atoms with E-state index in [-0.39, 0.29) is 11.7 Å². The Morgan fingerprint density at radius 1 is 1.25 bits per heavy atom. The van der Waals surface area contributed by atoms with E-state index in [1.54, 1.807) is 0 Å². The van der Waals surface area contributed by atoms with Gasteiger partial charge in [0.2, 0.25) is 15.9 Å². The van der Waals surface area contributed by atoms with Gasteiger partial charge in [-0.2, -0.15) is 4.31 Å². The Morgan fingerprint density at radius 3 is 2.79 bits per heavy atom. The molecule has 1 aliphatic carbocycles. The lowest BCUT2D eigenvalue weighted by atomic mass is 9.85. The van der Waals surface area contributed by atoms with Crippen LogP contribution in [0.25, 0.3) is 11.0 Å². The van der Waals surface area contributed by atoms with Crippen molar-refractivity contribution in [1.82, 2.24) is 14.3 Å². The minimum Gasteiger partial charge on any atom is -0.342 e. The molecule has 1 saturated heterocycles. The molecule has 1 aromatic carbocycles. The van der Waals surface area contributed by atoms with Crippen LogP contribution in [-0.2, 0) is 14.8 Å². The van der Waals surface area contributed by atoms with E-state index in [1.807, 2.05) is 25.1 Å². The predicted octanol–water partition coefficient (Wildman–Crippen LogP) is 3.36. The zero-order chi connectivity index (χ0) is 19.7. The smallest absolute Gasteiger partial charge is 0.242 e. The molecule has 2 N–H and O–H groups in total. The number of imidazole rings is 1. The molecule has 152 valence electrons. The van der Waals surface area contributed by atoms with Crippen molar-refractivity contribution in [2.45, 2.75) is 63.8 Å². The molecule has 1 atom stereocenters. The first-order valence-electron chi connectivity index (χ1n) is 10.3. The monoisotopic (exact) mass is 404 g/mol. The first-order valence-corrected chi connectivity index (χ1v) is 11.9. The third-order valence-electron chi connectivity index (χ3n) is 5.84. The second kappa shape index (κ2) is 7.83. The number of H-pyrrole nitrogens is 1. The zero-order valence-electron chi connectivity index (χ0n) is 16.3. The number of anilines is 1. The molecule has 0 radical (unpaired) electrons. The van der Waals surface area contributed by atoms with E-state index in [2.05, 4.69) is 15.3 Å². The summed E-state index contributed by atoms with van der Waals surface area (Å²) in [6.07, 6.45) is 6.37. The van der Waals surface area contributed by atoms with Gasteiger partial charge in [-0.05, 0) is 50.3 Å². The average Bonchev–Trinajstić information content (AvgIpc) is 3.02. The highest BCUT2D eigenvalue weighted by Gasteiger charge is 2.36. The number of hydrogen-bond donors (Lipinski definition) is 2. The number of nitrogens with zero attached hydrogens (tertiary/aromatic N) is 2. The minimum atomic E-state index is -3.40. The summed E-state index contributed by atoms with van der Waals surface area (Å²) in [6.45, 7) is 2.26. The Morgan fingerprint density at radius 2 is 2.07 bits per heavy atom. The van der Waals surface area contributed by atoms with Crippen molar-refractivity contribution in [3.63, 3.8) is 0 Å². The van der Waals surface area contributed by atoms with Gasteiger partial charge >= 0.3 is 0 Å². The molecule has 8 heteroatoms. The lowest BCUT2D eigenvalue weighted by Gasteiger charge is -2.33. The van der Waals surface area contributed by atoms with E-state index in [9.17, 15) is 13.2 Å². The fraction of sp³-hybridized carbons (Fsp3) is 0.600. The van der Waals surface area contributed by atoms with E-state index in [1.165, 1.54) is 23.6 Å². The van der Waals surface area contributed by atoms with Crippen molar-refractivity contribution in [3.05, 3.63) is 24.0 Å². The number of aromatic nitrogens is 2. The van der Waals surface area contributed by atoms with Crippen LogP contribution >= 0.6 is 0 Å². The van der Waals surface area contributed by atoms with Gasteiger partial charge in [0, 0.05) is 18.2 Å². The summed E-state index contributed by atoms with van der Waals surface area (Å²) >= 11 is 0. The molecule has 7 nitrogen and oxygen atoms in total. The number of fused-ring (bicyclic) bond motifs is 1. The number of sulfonamides is 1. The molecule has 28 heavy (non-hydrogen) atoms. The highest BCUT2D eigenvalue weighted by atomic mass is 32.2. The van der Waals surface area contributed by atoms with Crippen LogP contribution in [0, 0.1) is 0 Å². The Balaban J connectivity index is 1.51. The van der Waals surface area contributed by atoms with Crippen LogP contribution in [0.4, 0.5) is 5.69 Å². The number of carbonyl (C=O) groups excluding carboxylic acids is 1. The van der Waals surface area contributed by atoms with E-state index in [4.69, 9.17) is 0 Å². The third-order valence-corrected chi connectivity index (χ3v) is 7.91. The molecule has 1 amide bonds. The lowest BCUT2D eigenvalue weighted by molar-refractivity contribution is -0.120. The predicted molar refractivity (Wildman–Crippen MR) is 110 cm³/mol. The number of nitrogens with one attached hydrogen (secondary N) is 2. The molecule has 0 bridgehead atoms. The molecular formula is C20H28N4O3S. The molecule has 2 aliphatic rings. The van der Waals surface area contributed by atoms with Crippen LogP contribution in [0.3, 0.4) is 0 Å². The number of carbonyl (C=O) groups is 1. The molecule has 1 saturated carbocycles. The van der Waals surface area contributed by atoms with E-state index in [0.29, 0.717) is 31.0 Å². The van der Waals surface area contributed by atoms with Crippen LogP contribution in [0.2, 0.25) is 0 Å². The van der Waals surface area contributed by atoms with Gasteiger partial charge in [-0.3, -0.25) is 4.79 Å². The maximum absolute atomic E-state index is 12.9. The average molecular weight is 405 g/mol.